The van der Waals surface area contributed by atoms with E-state index < -0.39 is 9.84 Å². The smallest absolute Gasteiger partial charge is 0.150 e. The zero-order valence-electron chi connectivity index (χ0n) is 10.8. The van der Waals surface area contributed by atoms with Gasteiger partial charge < -0.3 is 5.32 Å². The molecule has 0 radical (unpaired) electrons. The molecule has 0 unspecified atom stereocenters. The van der Waals surface area contributed by atoms with Gasteiger partial charge in [-0.05, 0) is 18.9 Å². The molecule has 1 aliphatic heterocycles. The molecule has 1 aromatic rings. The van der Waals surface area contributed by atoms with Crippen LogP contribution in [0.4, 0.5) is 5.82 Å². The lowest BCUT2D eigenvalue weighted by Gasteiger charge is -2.23. The lowest BCUT2D eigenvalue weighted by molar-refractivity contribution is 0.558. The van der Waals surface area contributed by atoms with Crippen LogP contribution in [0.2, 0.25) is 0 Å². The summed E-state index contributed by atoms with van der Waals surface area (Å²) in [6.45, 7) is 4.10. The van der Waals surface area contributed by atoms with Crippen molar-refractivity contribution >= 4 is 15.7 Å². The third-order valence-electron chi connectivity index (χ3n) is 3.10. The molecule has 5 nitrogen and oxygen atoms in total. The predicted octanol–water partition coefficient (Wildman–Crippen LogP) is 1.59. The number of nitrogens with zero attached hydrogens (tertiary/aromatic N) is 2. The summed E-state index contributed by atoms with van der Waals surface area (Å²) >= 11 is 0. The molecule has 6 heteroatoms. The molecule has 2 rings (SSSR count). The Morgan fingerprint density at radius 1 is 1.33 bits per heavy atom. The maximum Gasteiger partial charge on any atom is 0.150 e. The molecule has 1 fully saturated rings. The van der Waals surface area contributed by atoms with E-state index in [-0.39, 0.29) is 17.5 Å². The Hall–Kier alpha value is -1.17. The lowest BCUT2D eigenvalue weighted by Crippen LogP contribution is -2.32. The minimum absolute atomic E-state index is 0.198. The van der Waals surface area contributed by atoms with Crippen molar-refractivity contribution in [2.45, 2.75) is 38.6 Å². The van der Waals surface area contributed by atoms with Crippen molar-refractivity contribution in [2.75, 3.05) is 16.8 Å². The van der Waals surface area contributed by atoms with Crippen LogP contribution in [0.15, 0.2) is 12.3 Å². The van der Waals surface area contributed by atoms with E-state index in [9.17, 15) is 8.42 Å². The fourth-order valence-corrected chi connectivity index (χ4v) is 3.47. The molecule has 1 aliphatic rings. The second-order valence-corrected chi connectivity index (χ2v) is 7.33. The summed E-state index contributed by atoms with van der Waals surface area (Å²) in [5.74, 6) is 2.43. The standard InChI is InChI=1S/C12H19N3O2S/c1-9(2)12-13-6-3-11(15-12)14-10-4-7-18(16,17)8-5-10/h3,6,9-10H,4-5,7-8H2,1-2H3,(H,13,14,15). The first-order valence-corrected chi connectivity index (χ1v) is 8.08. The molecular formula is C12H19N3O2S. The Bertz CT molecular complexity index is 500. The van der Waals surface area contributed by atoms with Crippen LogP contribution in [0.3, 0.4) is 0 Å². The van der Waals surface area contributed by atoms with E-state index in [1.807, 2.05) is 19.9 Å². The summed E-state index contributed by atoms with van der Waals surface area (Å²) in [6, 6.07) is 2.03. The molecule has 0 aromatic carbocycles. The summed E-state index contributed by atoms with van der Waals surface area (Å²) < 4.78 is 22.7. The molecule has 1 aromatic heterocycles. The second kappa shape index (κ2) is 5.22. The van der Waals surface area contributed by atoms with Crippen molar-refractivity contribution in [3.05, 3.63) is 18.1 Å². The maximum atomic E-state index is 11.3. The molecule has 0 atom stereocenters. The van der Waals surface area contributed by atoms with E-state index in [2.05, 4.69) is 15.3 Å². The first-order chi connectivity index (χ1) is 8.46. The Balaban J connectivity index is 2.00. The van der Waals surface area contributed by atoms with Gasteiger partial charge in [-0.2, -0.15) is 0 Å². The van der Waals surface area contributed by atoms with E-state index in [0.29, 0.717) is 18.8 Å². The van der Waals surface area contributed by atoms with Gasteiger partial charge in [-0.3, -0.25) is 0 Å². The van der Waals surface area contributed by atoms with Gasteiger partial charge in [0.05, 0.1) is 11.5 Å². The SMILES string of the molecule is CC(C)c1nccc(NC2CCS(=O)(=O)CC2)n1. The van der Waals surface area contributed by atoms with E-state index in [1.54, 1.807) is 6.20 Å². The van der Waals surface area contributed by atoms with E-state index in [0.717, 1.165) is 11.6 Å². The summed E-state index contributed by atoms with van der Waals surface area (Å²) in [5.41, 5.74) is 0. The molecular weight excluding hydrogens is 250 g/mol. The van der Waals surface area contributed by atoms with Gasteiger partial charge in [-0.1, -0.05) is 13.8 Å². The van der Waals surface area contributed by atoms with Crippen LogP contribution in [0, 0.1) is 0 Å². The highest BCUT2D eigenvalue weighted by atomic mass is 32.2. The Kier molecular flexibility index (Phi) is 3.85. The molecule has 1 N–H and O–H groups in total. The number of aromatic nitrogens is 2. The van der Waals surface area contributed by atoms with Crippen LogP contribution in [0.25, 0.3) is 0 Å². The summed E-state index contributed by atoms with van der Waals surface area (Å²) in [4.78, 5) is 8.64. The highest BCUT2D eigenvalue weighted by molar-refractivity contribution is 7.91. The van der Waals surface area contributed by atoms with Gasteiger partial charge in [-0.15, -0.1) is 0 Å². The summed E-state index contributed by atoms with van der Waals surface area (Å²) in [7, 11) is -2.80. The van der Waals surface area contributed by atoms with Gasteiger partial charge in [0.25, 0.3) is 0 Å². The van der Waals surface area contributed by atoms with Crippen molar-refractivity contribution < 1.29 is 8.42 Å². The highest BCUT2D eigenvalue weighted by Gasteiger charge is 2.23. The largest absolute Gasteiger partial charge is 0.367 e. The third-order valence-corrected chi connectivity index (χ3v) is 4.81. The van der Waals surface area contributed by atoms with Gasteiger partial charge in [0.15, 0.2) is 0 Å². The van der Waals surface area contributed by atoms with Crippen molar-refractivity contribution in [3.63, 3.8) is 0 Å². The van der Waals surface area contributed by atoms with Crippen LogP contribution < -0.4 is 5.32 Å². The molecule has 18 heavy (non-hydrogen) atoms. The number of nitrogens with one attached hydrogen (secondary N) is 1. The average Bonchev–Trinajstić information content (AvgIpc) is 2.32. The first-order valence-electron chi connectivity index (χ1n) is 6.26. The van der Waals surface area contributed by atoms with Crippen molar-refractivity contribution in [1.29, 1.82) is 0 Å². The Morgan fingerprint density at radius 3 is 2.61 bits per heavy atom. The van der Waals surface area contributed by atoms with Gasteiger partial charge in [0.1, 0.15) is 21.5 Å². The summed E-state index contributed by atoms with van der Waals surface area (Å²) in [5, 5.41) is 3.30. The molecule has 0 amide bonds. The molecule has 100 valence electrons. The van der Waals surface area contributed by atoms with E-state index >= 15 is 0 Å². The zero-order valence-corrected chi connectivity index (χ0v) is 11.6. The zero-order chi connectivity index (χ0) is 13.2. The quantitative estimate of drug-likeness (QED) is 0.902. The number of rotatable bonds is 3. The first kappa shape index (κ1) is 13.3. The number of hydrogen-bond donors (Lipinski definition) is 1. The third kappa shape index (κ3) is 3.41. The average molecular weight is 269 g/mol. The van der Waals surface area contributed by atoms with Crippen LogP contribution in [0.5, 0.6) is 0 Å². The van der Waals surface area contributed by atoms with Crippen molar-refractivity contribution in [1.82, 2.24) is 9.97 Å². The highest BCUT2D eigenvalue weighted by Crippen LogP contribution is 2.17. The molecule has 2 heterocycles. The fourth-order valence-electron chi connectivity index (χ4n) is 1.98. The van der Waals surface area contributed by atoms with Gasteiger partial charge in [0.2, 0.25) is 0 Å². The monoisotopic (exact) mass is 269 g/mol. The van der Waals surface area contributed by atoms with E-state index in [1.165, 1.54) is 0 Å². The minimum atomic E-state index is -2.80. The van der Waals surface area contributed by atoms with Gasteiger partial charge in [0, 0.05) is 18.2 Å². The topological polar surface area (TPSA) is 72.0 Å². The number of hydrogen-bond acceptors (Lipinski definition) is 5. The van der Waals surface area contributed by atoms with Crippen LogP contribution in [0.1, 0.15) is 38.4 Å². The number of anilines is 1. The molecule has 0 bridgehead atoms. The second-order valence-electron chi connectivity index (χ2n) is 5.03. The molecule has 0 spiro atoms. The maximum absolute atomic E-state index is 11.3. The molecule has 1 saturated heterocycles. The van der Waals surface area contributed by atoms with Crippen molar-refractivity contribution in [3.8, 4) is 0 Å². The van der Waals surface area contributed by atoms with Crippen molar-refractivity contribution in [2.24, 2.45) is 0 Å². The van der Waals surface area contributed by atoms with Crippen LogP contribution in [-0.2, 0) is 9.84 Å². The van der Waals surface area contributed by atoms with Crippen LogP contribution >= 0.6 is 0 Å². The molecule has 0 aliphatic carbocycles. The predicted molar refractivity (Wildman–Crippen MR) is 71.4 cm³/mol. The molecule has 0 saturated carbocycles. The van der Waals surface area contributed by atoms with Gasteiger partial charge in [-0.25, -0.2) is 18.4 Å². The minimum Gasteiger partial charge on any atom is -0.367 e. The fraction of sp³-hybridized carbons (Fsp3) is 0.667. The normalized spacial score (nSPS) is 19.9. The number of sulfone groups is 1. The van der Waals surface area contributed by atoms with Crippen LogP contribution in [-0.4, -0.2) is 35.9 Å². The van der Waals surface area contributed by atoms with Gasteiger partial charge >= 0.3 is 0 Å². The Morgan fingerprint density at radius 2 is 2.00 bits per heavy atom. The summed E-state index contributed by atoms with van der Waals surface area (Å²) in [6.07, 6.45) is 3.05. The van der Waals surface area contributed by atoms with E-state index in [4.69, 9.17) is 0 Å². The lowest BCUT2D eigenvalue weighted by atomic mass is 10.1. The Labute approximate surface area is 108 Å².